The van der Waals surface area contributed by atoms with Crippen LogP contribution in [0.2, 0.25) is 0 Å². The fourth-order valence-electron chi connectivity index (χ4n) is 2.94. The zero-order valence-corrected chi connectivity index (χ0v) is 11.4. The summed E-state index contributed by atoms with van der Waals surface area (Å²) in [7, 11) is 2.22. The summed E-state index contributed by atoms with van der Waals surface area (Å²) in [5, 5.41) is 3.48. The lowest BCUT2D eigenvalue weighted by molar-refractivity contribution is 0.234. The van der Waals surface area contributed by atoms with Gasteiger partial charge in [0.05, 0.1) is 0 Å². The Hall–Kier alpha value is -1.22. The summed E-state index contributed by atoms with van der Waals surface area (Å²) in [6.45, 7) is 6.89. The van der Waals surface area contributed by atoms with E-state index in [0.717, 1.165) is 26.2 Å². The van der Waals surface area contributed by atoms with E-state index in [1.54, 1.807) is 0 Å². The first-order valence-electron chi connectivity index (χ1n) is 7.06. The van der Waals surface area contributed by atoms with Crippen molar-refractivity contribution in [3.63, 3.8) is 0 Å². The SMILES string of the molecule is CC1CN(c2ccc3c(c2)CCCN3)CCN1C. The first kappa shape index (κ1) is 11.8. The minimum absolute atomic E-state index is 0.646. The number of nitrogens with zero attached hydrogens (tertiary/aromatic N) is 2. The van der Waals surface area contributed by atoms with Gasteiger partial charge in [0.15, 0.2) is 0 Å². The summed E-state index contributed by atoms with van der Waals surface area (Å²) in [4.78, 5) is 4.97. The maximum absolute atomic E-state index is 3.48. The number of hydrogen-bond acceptors (Lipinski definition) is 3. The van der Waals surface area contributed by atoms with Crippen LogP contribution in [0, 0.1) is 0 Å². The van der Waals surface area contributed by atoms with Gasteiger partial charge in [0, 0.05) is 43.6 Å². The van der Waals surface area contributed by atoms with E-state index in [4.69, 9.17) is 0 Å². The Bertz CT molecular complexity index is 430. The molecule has 2 aliphatic rings. The number of nitrogens with one attached hydrogen (secondary N) is 1. The van der Waals surface area contributed by atoms with Gasteiger partial charge < -0.3 is 15.1 Å². The summed E-state index contributed by atoms with van der Waals surface area (Å²) in [5.74, 6) is 0. The lowest BCUT2D eigenvalue weighted by Gasteiger charge is -2.39. The van der Waals surface area contributed by atoms with Crippen LogP contribution in [0.5, 0.6) is 0 Å². The third-order valence-electron chi connectivity index (χ3n) is 4.35. The molecule has 1 unspecified atom stereocenters. The maximum atomic E-state index is 3.48. The number of rotatable bonds is 1. The van der Waals surface area contributed by atoms with Gasteiger partial charge in [0.2, 0.25) is 0 Å². The van der Waals surface area contributed by atoms with Crippen molar-refractivity contribution in [3.8, 4) is 0 Å². The van der Waals surface area contributed by atoms with E-state index in [2.05, 4.69) is 47.3 Å². The van der Waals surface area contributed by atoms with E-state index >= 15 is 0 Å². The highest BCUT2D eigenvalue weighted by atomic mass is 15.3. The zero-order chi connectivity index (χ0) is 12.5. The Morgan fingerprint density at radius 3 is 3.00 bits per heavy atom. The van der Waals surface area contributed by atoms with Gasteiger partial charge in [-0.3, -0.25) is 0 Å². The number of piperazine rings is 1. The molecule has 0 spiro atoms. The fraction of sp³-hybridized carbons (Fsp3) is 0.600. The van der Waals surface area contributed by atoms with Crippen LogP contribution in [0.1, 0.15) is 18.9 Å². The molecule has 1 aromatic rings. The Kier molecular flexibility index (Phi) is 3.16. The van der Waals surface area contributed by atoms with Gasteiger partial charge in [-0.1, -0.05) is 0 Å². The van der Waals surface area contributed by atoms with Crippen molar-refractivity contribution in [2.45, 2.75) is 25.8 Å². The van der Waals surface area contributed by atoms with Gasteiger partial charge in [-0.15, -0.1) is 0 Å². The van der Waals surface area contributed by atoms with Crippen LogP contribution in [-0.4, -0.2) is 44.2 Å². The number of likely N-dealkylation sites (N-methyl/N-ethyl adjacent to an activating group) is 1. The molecule has 1 atom stereocenters. The molecule has 0 saturated carbocycles. The molecule has 2 aliphatic heterocycles. The number of benzene rings is 1. The van der Waals surface area contributed by atoms with Crippen LogP contribution in [0.15, 0.2) is 18.2 Å². The molecule has 18 heavy (non-hydrogen) atoms. The van der Waals surface area contributed by atoms with E-state index < -0.39 is 0 Å². The lowest BCUT2D eigenvalue weighted by atomic mass is 10.0. The number of aryl methyl sites for hydroxylation is 1. The van der Waals surface area contributed by atoms with Crippen LogP contribution in [0.4, 0.5) is 11.4 Å². The summed E-state index contributed by atoms with van der Waals surface area (Å²) in [6.07, 6.45) is 2.48. The Morgan fingerprint density at radius 1 is 1.28 bits per heavy atom. The Balaban J connectivity index is 1.80. The second kappa shape index (κ2) is 4.81. The number of fused-ring (bicyclic) bond motifs is 1. The van der Waals surface area contributed by atoms with Gasteiger partial charge in [0.1, 0.15) is 0 Å². The lowest BCUT2D eigenvalue weighted by Crippen LogP contribution is -2.50. The molecule has 1 saturated heterocycles. The molecule has 1 fully saturated rings. The molecule has 3 rings (SSSR count). The van der Waals surface area contributed by atoms with Crippen molar-refractivity contribution in [2.75, 3.05) is 43.4 Å². The third kappa shape index (κ3) is 2.19. The molecule has 0 radical (unpaired) electrons. The Labute approximate surface area is 110 Å². The summed E-state index contributed by atoms with van der Waals surface area (Å²) in [5.41, 5.74) is 4.23. The van der Waals surface area contributed by atoms with Crippen LogP contribution in [0.25, 0.3) is 0 Å². The van der Waals surface area contributed by atoms with Gasteiger partial charge in [-0.05, 0) is 50.6 Å². The molecule has 0 aliphatic carbocycles. The van der Waals surface area contributed by atoms with Crippen molar-refractivity contribution in [3.05, 3.63) is 23.8 Å². The average molecular weight is 245 g/mol. The molecule has 1 N–H and O–H groups in total. The number of hydrogen-bond donors (Lipinski definition) is 1. The highest BCUT2D eigenvalue weighted by Crippen LogP contribution is 2.28. The van der Waals surface area contributed by atoms with E-state index in [1.165, 1.54) is 29.8 Å². The molecule has 3 heteroatoms. The third-order valence-corrected chi connectivity index (χ3v) is 4.35. The highest BCUT2D eigenvalue weighted by molar-refractivity contribution is 5.62. The zero-order valence-electron chi connectivity index (χ0n) is 11.4. The van der Waals surface area contributed by atoms with Crippen LogP contribution in [-0.2, 0) is 6.42 Å². The predicted octanol–water partition coefficient (Wildman–Crippen LogP) is 2.19. The monoisotopic (exact) mass is 245 g/mol. The molecule has 0 bridgehead atoms. The van der Waals surface area contributed by atoms with E-state index in [0.29, 0.717) is 6.04 Å². The summed E-state index contributed by atoms with van der Waals surface area (Å²) >= 11 is 0. The highest BCUT2D eigenvalue weighted by Gasteiger charge is 2.21. The minimum atomic E-state index is 0.646. The molecule has 0 aromatic heterocycles. The predicted molar refractivity (Wildman–Crippen MR) is 77.6 cm³/mol. The van der Waals surface area contributed by atoms with Gasteiger partial charge in [-0.25, -0.2) is 0 Å². The quantitative estimate of drug-likeness (QED) is 0.818. The van der Waals surface area contributed by atoms with Gasteiger partial charge >= 0.3 is 0 Å². The molecule has 3 nitrogen and oxygen atoms in total. The van der Waals surface area contributed by atoms with E-state index in [1.807, 2.05) is 0 Å². The normalized spacial score (nSPS) is 24.6. The topological polar surface area (TPSA) is 18.5 Å². The first-order chi connectivity index (χ1) is 8.74. The summed E-state index contributed by atoms with van der Waals surface area (Å²) in [6, 6.07) is 7.56. The van der Waals surface area contributed by atoms with Crippen molar-refractivity contribution in [1.82, 2.24) is 4.90 Å². The molecular weight excluding hydrogens is 222 g/mol. The van der Waals surface area contributed by atoms with Crippen molar-refractivity contribution in [1.29, 1.82) is 0 Å². The summed E-state index contributed by atoms with van der Waals surface area (Å²) < 4.78 is 0. The molecular formula is C15H23N3. The van der Waals surface area contributed by atoms with Gasteiger partial charge in [-0.2, -0.15) is 0 Å². The fourth-order valence-corrected chi connectivity index (χ4v) is 2.94. The first-order valence-corrected chi connectivity index (χ1v) is 7.06. The van der Waals surface area contributed by atoms with Crippen LogP contribution in [0.3, 0.4) is 0 Å². The standard InChI is InChI=1S/C15H23N3/c1-12-11-18(9-8-17(12)2)14-5-6-15-13(10-14)4-3-7-16-15/h5-6,10,12,16H,3-4,7-9,11H2,1-2H3. The van der Waals surface area contributed by atoms with Crippen LogP contribution >= 0.6 is 0 Å². The number of anilines is 2. The molecule has 98 valence electrons. The second-order valence-electron chi connectivity index (χ2n) is 5.65. The minimum Gasteiger partial charge on any atom is -0.385 e. The second-order valence-corrected chi connectivity index (χ2v) is 5.65. The molecule has 1 aromatic carbocycles. The average Bonchev–Trinajstić information content (AvgIpc) is 2.41. The van der Waals surface area contributed by atoms with Crippen LogP contribution < -0.4 is 10.2 Å². The van der Waals surface area contributed by atoms with E-state index in [-0.39, 0.29) is 0 Å². The largest absolute Gasteiger partial charge is 0.385 e. The Morgan fingerprint density at radius 2 is 2.17 bits per heavy atom. The van der Waals surface area contributed by atoms with Gasteiger partial charge in [0.25, 0.3) is 0 Å². The van der Waals surface area contributed by atoms with Crippen molar-refractivity contribution < 1.29 is 0 Å². The van der Waals surface area contributed by atoms with Crippen molar-refractivity contribution in [2.24, 2.45) is 0 Å². The smallest absolute Gasteiger partial charge is 0.0374 e. The maximum Gasteiger partial charge on any atom is 0.0374 e. The van der Waals surface area contributed by atoms with E-state index in [9.17, 15) is 0 Å². The van der Waals surface area contributed by atoms with Crippen molar-refractivity contribution >= 4 is 11.4 Å². The molecule has 2 heterocycles. The molecule has 0 amide bonds.